The van der Waals surface area contributed by atoms with Gasteiger partial charge in [-0.2, -0.15) is 0 Å². The van der Waals surface area contributed by atoms with Crippen LogP contribution in [0.5, 0.6) is 0 Å². The minimum Gasteiger partial charge on any atom is -0.331 e. The Morgan fingerprint density at radius 3 is 3.04 bits per heavy atom. The van der Waals surface area contributed by atoms with Crippen molar-refractivity contribution in [2.75, 3.05) is 25.5 Å². The Kier molecular flexibility index (Phi) is 5.37. The van der Waals surface area contributed by atoms with Crippen LogP contribution in [0.3, 0.4) is 0 Å². The topological polar surface area (TPSA) is 83.0 Å². The molecule has 0 saturated carbocycles. The Morgan fingerprint density at radius 2 is 2.29 bits per heavy atom. The summed E-state index contributed by atoms with van der Waals surface area (Å²) in [6.45, 7) is 3.05. The molecule has 128 valence electrons. The molecule has 8 heteroatoms. The van der Waals surface area contributed by atoms with Crippen LogP contribution in [-0.2, 0) is 4.79 Å². The van der Waals surface area contributed by atoms with E-state index in [1.165, 1.54) is 11.3 Å². The van der Waals surface area contributed by atoms with E-state index >= 15 is 0 Å². The number of likely N-dealkylation sites (tertiary alicyclic amines) is 1. The summed E-state index contributed by atoms with van der Waals surface area (Å²) in [7, 11) is 1.79. The second-order valence-corrected chi connectivity index (χ2v) is 6.74. The summed E-state index contributed by atoms with van der Waals surface area (Å²) in [6, 6.07) is 1.84. The highest BCUT2D eigenvalue weighted by Gasteiger charge is 2.29. The molecule has 1 atom stereocenters. The van der Waals surface area contributed by atoms with E-state index in [9.17, 15) is 4.79 Å². The van der Waals surface area contributed by atoms with E-state index in [-0.39, 0.29) is 11.9 Å². The lowest BCUT2D eigenvalue weighted by Gasteiger charge is -2.35. The zero-order chi connectivity index (χ0) is 16.9. The first kappa shape index (κ1) is 16.8. The summed E-state index contributed by atoms with van der Waals surface area (Å²) in [6.07, 6.45) is 4.76. The van der Waals surface area contributed by atoms with Gasteiger partial charge in [-0.15, -0.1) is 11.3 Å². The monoisotopic (exact) mass is 346 g/mol. The van der Waals surface area contributed by atoms with E-state index in [1.807, 2.05) is 23.3 Å². The van der Waals surface area contributed by atoms with E-state index in [0.717, 1.165) is 42.5 Å². The van der Waals surface area contributed by atoms with Crippen molar-refractivity contribution in [2.24, 2.45) is 0 Å². The summed E-state index contributed by atoms with van der Waals surface area (Å²) in [4.78, 5) is 27.8. The van der Waals surface area contributed by atoms with Crippen LogP contribution in [0.1, 0.15) is 36.8 Å². The summed E-state index contributed by atoms with van der Waals surface area (Å²) >= 11 is 1.52. The van der Waals surface area contributed by atoms with Gasteiger partial charge in [0.2, 0.25) is 5.91 Å². The predicted octanol–water partition coefficient (Wildman–Crippen LogP) is 2.26. The number of anilines is 2. The average Bonchev–Trinajstić information content (AvgIpc) is 3.07. The van der Waals surface area contributed by atoms with Crippen molar-refractivity contribution in [2.45, 2.75) is 32.2 Å². The molecule has 0 aliphatic carbocycles. The molecule has 0 bridgehead atoms. The largest absolute Gasteiger partial charge is 0.331 e. The number of likely N-dealkylation sites (N-methyl/N-ethyl adjacent to an activating group) is 1. The number of nitrogens with zero attached hydrogens (tertiary/aromatic N) is 4. The number of aromatic nitrogens is 3. The maximum absolute atomic E-state index is 12.4. The first-order chi connectivity index (χ1) is 11.7. The molecule has 1 fully saturated rings. The zero-order valence-electron chi connectivity index (χ0n) is 14.0. The van der Waals surface area contributed by atoms with Crippen molar-refractivity contribution in [3.8, 4) is 0 Å². The molecule has 0 spiro atoms. The van der Waals surface area contributed by atoms with E-state index in [4.69, 9.17) is 0 Å². The number of hydrogen-bond acceptors (Lipinski definition) is 7. The highest BCUT2D eigenvalue weighted by Crippen LogP contribution is 2.30. The van der Waals surface area contributed by atoms with Crippen molar-refractivity contribution >= 4 is 28.2 Å². The second kappa shape index (κ2) is 7.67. The molecular weight excluding hydrogens is 324 g/mol. The molecular formula is C16H22N6OS. The first-order valence-corrected chi connectivity index (χ1v) is 9.01. The van der Waals surface area contributed by atoms with Crippen molar-refractivity contribution < 1.29 is 4.79 Å². The fourth-order valence-corrected chi connectivity index (χ4v) is 3.49. The Balaban J connectivity index is 1.86. The van der Waals surface area contributed by atoms with Gasteiger partial charge in [0.05, 0.1) is 12.6 Å². The zero-order valence-corrected chi connectivity index (χ0v) is 14.8. The third-order valence-electron chi connectivity index (χ3n) is 3.99. The van der Waals surface area contributed by atoms with Gasteiger partial charge < -0.3 is 15.5 Å². The number of carbonyl (C=O) groups is 1. The molecule has 1 aliphatic heterocycles. The predicted molar refractivity (Wildman–Crippen MR) is 94.4 cm³/mol. The number of aryl methyl sites for hydroxylation is 1. The maximum Gasteiger partial charge on any atom is 0.237 e. The molecule has 3 rings (SSSR count). The van der Waals surface area contributed by atoms with Crippen LogP contribution in [0.2, 0.25) is 0 Å². The Labute approximate surface area is 145 Å². The molecule has 24 heavy (non-hydrogen) atoms. The van der Waals surface area contributed by atoms with Gasteiger partial charge in [0.15, 0.2) is 11.0 Å². The smallest absolute Gasteiger partial charge is 0.237 e. The van der Waals surface area contributed by atoms with Crippen molar-refractivity contribution in [1.29, 1.82) is 0 Å². The van der Waals surface area contributed by atoms with Gasteiger partial charge in [-0.05, 0) is 33.2 Å². The molecule has 1 aliphatic rings. The number of rotatable bonds is 5. The van der Waals surface area contributed by atoms with Gasteiger partial charge in [-0.1, -0.05) is 0 Å². The van der Waals surface area contributed by atoms with E-state index in [2.05, 4.69) is 25.6 Å². The van der Waals surface area contributed by atoms with Crippen molar-refractivity contribution in [3.63, 3.8) is 0 Å². The van der Waals surface area contributed by atoms with Gasteiger partial charge in [-0.25, -0.2) is 15.0 Å². The number of amides is 1. The lowest BCUT2D eigenvalue weighted by molar-refractivity contribution is -0.134. The Hall–Kier alpha value is -2.06. The molecule has 1 amide bonds. The number of thiazole rings is 1. The lowest BCUT2D eigenvalue weighted by atomic mass is 10.0. The normalized spacial score (nSPS) is 17.8. The van der Waals surface area contributed by atoms with Crippen LogP contribution in [0.25, 0.3) is 0 Å². The molecule has 2 aromatic rings. The SMILES string of the molecule is CNCC(=O)N1CCCC[C@H]1c1nc(C)cc(Nc2nccs2)n1. The van der Waals surface area contributed by atoms with Crippen LogP contribution in [0.15, 0.2) is 17.6 Å². The van der Waals surface area contributed by atoms with Crippen molar-refractivity contribution in [3.05, 3.63) is 29.2 Å². The third-order valence-corrected chi connectivity index (χ3v) is 4.68. The highest BCUT2D eigenvalue weighted by atomic mass is 32.1. The standard InChI is InChI=1S/C16H22N6OS/c1-11-9-13(21-16-18-6-8-24-16)20-15(19-11)12-5-3-4-7-22(12)14(23)10-17-2/h6,8-9,12,17H,3-5,7,10H2,1-2H3,(H,18,19,20,21)/t12-/m0/s1. The van der Waals surface area contributed by atoms with Gasteiger partial charge in [0.1, 0.15) is 5.82 Å². The Morgan fingerprint density at radius 1 is 1.42 bits per heavy atom. The van der Waals surface area contributed by atoms with Gasteiger partial charge >= 0.3 is 0 Å². The molecule has 3 heterocycles. The van der Waals surface area contributed by atoms with Gasteiger partial charge in [0, 0.05) is 29.9 Å². The van der Waals surface area contributed by atoms with Crippen LogP contribution >= 0.6 is 11.3 Å². The molecule has 0 aromatic carbocycles. The quantitative estimate of drug-likeness (QED) is 0.864. The number of hydrogen-bond donors (Lipinski definition) is 2. The van der Waals surface area contributed by atoms with Crippen molar-refractivity contribution in [1.82, 2.24) is 25.2 Å². The van der Waals surface area contributed by atoms with Crippen LogP contribution in [0.4, 0.5) is 10.9 Å². The van der Waals surface area contributed by atoms with E-state index in [0.29, 0.717) is 12.4 Å². The molecule has 7 nitrogen and oxygen atoms in total. The second-order valence-electron chi connectivity index (χ2n) is 5.84. The molecule has 2 aromatic heterocycles. The summed E-state index contributed by atoms with van der Waals surface area (Å²) in [5, 5.41) is 8.86. The third kappa shape index (κ3) is 3.88. The minimum absolute atomic E-state index is 0.0589. The van der Waals surface area contributed by atoms with Crippen LogP contribution in [0, 0.1) is 6.92 Å². The fourth-order valence-electron chi connectivity index (χ4n) is 2.95. The first-order valence-electron chi connectivity index (χ1n) is 8.13. The number of carbonyl (C=O) groups excluding carboxylic acids is 1. The van der Waals surface area contributed by atoms with E-state index < -0.39 is 0 Å². The van der Waals surface area contributed by atoms with Crippen LogP contribution < -0.4 is 10.6 Å². The summed E-state index contributed by atoms with van der Waals surface area (Å²) in [5.74, 6) is 1.53. The van der Waals surface area contributed by atoms with Gasteiger partial charge in [0.25, 0.3) is 0 Å². The molecule has 0 radical (unpaired) electrons. The molecule has 1 saturated heterocycles. The minimum atomic E-state index is -0.0589. The average molecular weight is 346 g/mol. The molecule has 0 unspecified atom stereocenters. The Bertz CT molecular complexity index is 690. The summed E-state index contributed by atoms with van der Waals surface area (Å²) in [5.41, 5.74) is 0.880. The van der Waals surface area contributed by atoms with Gasteiger partial charge in [-0.3, -0.25) is 4.79 Å². The highest BCUT2D eigenvalue weighted by molar-refractivity contribution is 7.13. The van der Waals surface area contributed by atoms with E-state index in [1.54, 1.807) is 13.2 Å². The summed E-state index contributed by atoms with van der Waals surface area (Å²) < 4.78 is 0. The number of piperidine rings is 1. The number of nitrogens with one attached hydrogen (secondary N) is 2. The fraction of sp³-hybridized carbons (Fsp3) is 0.500. The lowest BCUT2D eigenvalue weighted by Crippen LogP contribution is -2.43. The maximum atomic E-state index is 12.4. The van der Waals surface area contributed by atoms with Crippen LogP contribution in [-0.4, -0.2) is 45.9 Å². The molecule has 2 N–H and O–H groups in total.